The minimum absolute atomic E-state index is 0.639. The van der Waals surface area contributed by atoms with Gasteiger partial charge in [0.25, 0.3) is 0 Å². The monoisotopic (exact) mass is 272 g/mol. The van der Waals surface area contributed by atoms with Gasteiger partial charge in [0.1, 0.15) is 11.6 Å². The lowest BCUT2D eigenvalue weighted by Crippen LogP contribution is -2.36. The third-order valence-electron chi connectivity index (χ3n) is 3.02. The zero-order valence-corrected chi connectivity index (χ0v) is 11.1. The Bertz CT molecular complexity index is 599. The summed E-state index contributed by atoms with van der Waals surface area (Å²) in [5, 5.41) is 9.42. The van der Waals surface area contributed by atoms with Crippen molar-refractivity contribution >= 4 is 17.4 Å². The maximum absolute atomic E-state index is 9.42. The van der Waals surface area contributed by atoms with Crippen LogP contribution in [-0.4, -0.2) is 35.7 Å². The molecule has 1 fully saturated rings. The molecular formula is C13H12N4OS. The maximum Gasteiger partial charge on any atom is 0.161 e. The summed E-state index contributed by atoms with van der Waals surface area (Å²) in [5.41, 5.74) is 1.58. The number of morpholine rings is 1. The summed E-state index contributed by atoms with van der Waals surface area (Å²) in [5.74, 6) is 0.773. The van der Waals surface area contributed by atoms with E-state index in [9.17, 15) is 5.26 Å². The zero-order chi connectivity index (χ0) is 13.1. The molecule has 0 radical (unpaired) electrons. The molecule has 0 amide bonds. The molecule has 0 bridgehead atoms. The second-order valence-electron chi connectivity index (χ2n) is 4.16. The van der Waals surface area contributed by atoms with E-state index >= 15 is 0 Å². The summed E-state index contributed by atoms with van der Waals surface area (Å²) < 4.78 is 9.78. The van der Waals surface area contributed by atoms with E-state index in [0.29, 0.717) is 18.8 Å². The molecule has 0 unspecified atom stereocenters. The summed E-state index contributed by atoms with van der Waals surface area (Å²) in [6.07, 6.45) is 3.48. The lowest BCUT2D eigenvalue weighted by Gasteiger charge is -2.26. The van der Waals surface area contributed by atoms with E-state index in [0.717, 1.165) is 29.3 Å². The van der Waals surface area contributed by atoms with E-state index in [4.69, 9.17) is 4.74 Å². The van der Waals surface area contributed by atoms with Gasteiger partial charge in [-0.3, -0.25) is 4.98 Å². The highest BCUT2D eigenvalue weighted by molar-refractivity contribution is 7.10. The molecule has 2 aromatic heterocycles. The molecule has 0 atom stereocenters. The zero-order valence-electron chi connectivity index (χ0n) is 10.2. The van der Waals surface area contributed by atoms with Crippen molar-refractivity contribution in [2.75, 3.05) is 31.2 Å². The predicted octanol–water partition coefficient (Wildman–Crippen LogP) is 1.91. The van der Waals surface area contributed by atoms with Crippen molar-refractivity contribution in [3.8, 4) is 16.5 Å². The Labute approximate surface area is 115 Å². The first kappa shape index (κ1) is 12.1. The molecule has 0 aliphatic carbocycles. The fourth-order valence-electron chi connectivity index (χ4n) is 2.07. The Kier molecular flexibility index (Phi) is 3.40. The standard InChI is InChI=1S/C13H12N4OS/c14-8-11-12(10-2-1-3-15-9-10)19-16-13(11)17-4-6-18-7-5-17/h1-3,9H,4-7H2. The van der Waals surface area contributed by atoms with E-state index in [2.05, 4.69) is 20.3 Å². The lowest BCUT2D eigenvalue weighted by atomic mass is 10.1. The van der Waals surface area contributed by atoms with Gasteiger partial charge < -0.3 is 9.64 Å². The quantitative estimate of drug-likeness (QED) is 0.835. The average molecular weight is 272 g/mol. The van der Waals surface area contributed by atoms with Crippen LogP contribution in [0.1, 0.15) is 5.56 Å². The number of pyridine rings is 1. The summed E-state index contributed by atoms with van der Waals surface area (Å²) in [7, 11) is 0. The van der Waals surface area contributed by atoms with E-state index < -0.39 is 0 Å². The fourth-order valence-corrected chi connectivity index (χ4v) is 2.91. The summed E-state index contributed by atoms with van der Waals surface area (Å²) in [4.78, 5) is 7.09. The van der Waals surface area contributed by atoms with E-state index in [-0.39, 0.29) is 0 Å². The minimum Gasteiger partial charge on any atom is -0.378 e. The van der Waals surface area contributed by atoms with Crippen LogP contribution in [0.4, 0.5) is 5.82 Å². The topological polar surface area (TPSA) is 62.0 Å². The van der Waals surface area contributed by atoms with Crippen LogP contribution in [0.15, 0.2) is 24.5 Å². The van der Waals surface area contributed by atoms with Crippen molar-refractivity contribution in [1.82, 2.24) is 9.36 Å². The molecule has 1 saturated heterocycles. The van der Waals surface area contributed by atoms with Gasteiger partial charge in [-0.2, -0.15) is 9.64 Å². The van der Waals surface area contributed by atoms with Crippen molar-refractivity contribution < 1.29 is 4.74 Å². The highest BCUT2D eigenvalue weighted by atomic mass is 32.1. The van der Waals surface area contributed by atoms with Crippen LogP contribution in [0, 0.1) is 11.3 Å². The molecule has 0 aromatic carbocycles. The van der Waals surface area contributed by atoms with Crippen LogP contribution >= 0.6 is 11.5 Å². The number of aromatic nitrogens is 2. The number of ether oxygens (including phenoxy) is 1. The van der Waals surface area contributed by atoms with Crippen LogP contribution in [-0.2, 0) is 4.74 Å². The Hall–Kier alpha value is -1.97. The van der Waals surface area contributed by atoms with Crippen molar-refractivity contribution in [2.45, 2.75) is 0 Å². The molecule has 19 heavy (non-hydrogen) atoms. The smallest absolute Gasteiger partial charge is 0.161 e. The van der Waals surface area contributed by atoms with Crippen LogP contribution in [0.2, 0.25) is 0 Å². The normalized spacial score (nSPS) is 15.2. The van der Waals surface area contributed by atoms with Gasteiger partial charge in [0.2, 0.25) is 0 Å². The summed E-state index contributed by atoms with van der Waals surface area (Å²) >= 11 is 1.35. The Balaban J connectivity index is 2.00. The molecule has 2 aromatic rings. The molecule has 0 saturated carbocycles. The van der Waals surface area contributed by atoms with Crippen LogP contribution < -0.4 is 4.90 Å². The van der Waals surface area contributed by atoms with Crippen molar-refractivity contribution in [2.24, 2.45) is 0 Å². The number of nitriles is 1. The second-order valence-corrected chi connectivity index (χ2v) is 4.94. The van der Waals surface area contributed by atoms with Gasteiger partial charge >= 0.3 is 0 Å². The third kappa shape index (κ3) is 2.30. The molecular weight excluding hydrogens is 260 g/mol. The first-order valence-electron chi connectivity index (χ1n) is 6.03. The van der Waals surface area contributed by atoms with Gasteiger partial charge in [0.15, 0.2) is 5.82 Å². The average Bonchev–Trinajstić information content (AvgIpc) is 2.93. The van der Waals surface area contributed by atoms with Gasteiger partial charge in [-0.05, 0) is 17.6 Å². The van der Waals surface area contributed by atoms with Gasteiger partial charge in [0.05, 0.1) is 18.1 Å². The van der Waals surface area contributed by atoms with E-state index in [1.807, 2.05) is 12.1 Å². The number of hydrogen-bond acceptors (Lipinski definition) is 6. The molecule has 1 aliphatic heterocycles. The number of anilines is 1. The highest BCUT2D eigenvalue weighted by Gasteiger charge is 2.21. The molecule has 3 rings (SSSR count). The van der Waals surface area contributed by atoms with Crippen LogP contribution in [0.3, 0.4) is 0 Å². The lowest BCUT2D eigenvalue weighted by molar-refractivity contribution is 0.122. The number of rotatable bonds is 2. The van der Waals surface area contributed by atoms with Crippen LogP contribution in [0.25, 0.3) is 10.4 Å². The molecule has 1 aliphatic rings. The number of nitrogens with zero attached hydrogens (tertiary/aromatic N) is 4. The van der Waals surface area contributed by atoms with Gasteiger partial charge in [-0.15, -0.1) is 0 Å². The van der Waals surface area contributed by atoms with Gasteiger partial charge in [0, 0.05) is 31.0 Å². The molecule has 5 nitrogen and oxygen atoms in total. The Morgan fingerprint density at radius 1 is 1.37 bits per heavy atom. The van der Waals surface area contributed by atoms with Crippen molar-refractivity contribution in [3.05, 3.63) is 30.1 Å². The summed E-state index contributed by atoms with van der Waals surface area (Å²) in [6.45, 7) is 2.94. The van der Waals surface area contributed by atoms with Crippen molar-refractivity contribution in [1.29, 1.82) is 5.26 Å². The summed E-state index contributed by atoms with van der Waals surface area (Å²) in [6, 6.07) is 6.09. The number of hydrogen-bond donors (Lipinski definition) is 0. The molecule has 6 heteroatoms. The van der Waals surface area contributed by atoms with E-state index in [1.165, 1.54) is 11.5 Å². The first-order valence-corrected chi connectivity index (χ1v) is 6.80. The third-order valence-corrected chi connectivity index (χ3v) is 3.91. The van der Waals surface area contributed by atoms with E-state index in [1.54, 1.807) is 12.4 Å². The predicted molar refractivity (Wildman–Crippen MR) is 73.1 cm³/mol. The fraction of sp³-hybridized carbons (Fsp3) is 0.308. The van der Waals surface area contributed by atoms with Crippen molar-refractivity contribution in [3.63, 3.8) is 0 Å². The molecule has 3 heterocycles. The first-order chi connectivity index (χ1) is 9.40. The Morgan fingerprint density at radius 3 is 2.89 bits per heavy atom. The largest absolute Gasteiger partial charge is 0.378 e. The maximum atomic E-state index is 9.42. The van der Waals surface area contributed by atoms with Gasteiger partial charge in [-0.25, -0.2) is 0 Å². The van der Waals surface area contributed by atoms with Crippen LogP contribution in [0.5, 0.6) is 0 Å². The second kappa shape index (κ2) is 5.34. The van der Waals surface area contributed by atoms with Gasteiger partial charge in [-0.1, -0.05) is 6.07 Å². The molecule has 96 valence electrons. The minimum atomic E-state index is 0.639. The molecule has 0 spiro atoms. The Morgan fingerprint density at radius 2 is 2.21 bits per heavy atom. The highest BCUT2D eigenvalue weighted by Crippen LogP contribution is 2.34. The SMILES string of the molecule is N#Cc1c(N2CCOCC2)nsc1-c1cccnc1. The molecule has 0 N–H and O–H groups in total.